The SMILES string of the molecule is O=C(O)c1nc(Cl)c(Cl)c(F)c1Nc1ccccc1F. The highest BCUT2D eigenvalue weighted by Gasteiger charge is 2.23. The molecular formula is C12H6Cl2F2N2O2. The number of carboxylic acid groups (broad SMARTS) is 1. The lowest BCUT2D eigenvalue weighted by Crippen LogP contribution is -2.09. The Morgan fingerprint density at radius 3 is 2.50 bits per heavy atom. The van der Waals surface area contributed by atoms with E-state index in [1.54, 1.807) is 0 Å². The summed E-state index contributed by atoms with van der Waals surface area (Å²) in [6.45, 7) is 0. The molecule has 4 nitrogen and oxygen atoms in total. The molecule has 20 heavy (non-hydrogen) atoms. The molecule has 0 amide bonds. The summed E-state index contributed by atoms with van der Waals surface area (Å²) in [7, 11) is 0. The number of benzene rings is 1. The van der Waals surface area contributed by atoms with E-state index in [0.29, 0.717) is 0 Å². The number of hydrogen-bond acceptors (Lipinski definition) is 3. The number of nitrogens with one attached hydrogen (secondary N) is 1. The lowest BCUT2D eigenvalue weighted by atomic mass is 10.2. The molecule has 0 atom stereocenters. The zero-order valence-corrected chi connectivity index (χ0v) is 11.1. The summed E-state index contributed by atoms with van der Waals surface area (Å²) in [5.74, 6) is -3.33. The van der Waals surface area contributed by atoms with Crippen LogP contribution in [0.2, 0.25) is 10.2 Å². The van der Waals surface area contributed by atoms with Crippen molar-refractivity contribution in [1.82, 2.24) is 4.98 Å². The Balaban J connectivity index is 2.59. The Morgan fingerprint density at radius 1 is 1.25 bits per heavy atom. The summed E-state index contributed by atoms with van der Waals surface area (Å²) in [5, 5.41) is 10.3. The second-order valence-corrected chi connectivity index (χ2v) is 4.40. The number of aromatic carboxylic acids is 1. The molecule has 1 aromatic heterocycles. The Bertz CT molecular complexity index is 695. The summed E-state index contributed by atoms with van der Waals surface area (Å²) in [6, 6.07) is 5.37. The molecular weight excluding hydrogens is 313 g/mol. The van der Waals surface area contributed by atoms with Crippen LogP contribution < -0.4 is 5.32 Å². The highest BCUT2D eigenvalue weighted by atomic mass is 35.5. The van der Waals surface area contributed by atoms with E-state index in [4.69, 9.17) is 28.3 Å². The number of pyridine rings is 1. The van der Waals surface area contributed by atoms with Crippen LogP contribution in [0.15, 0.2) is 24.3 Å². The van der Waals surface area contributed by atoms with Gasteiger partial charge in [-0.15, -0.1) is 0 Å². The number of halogens is 4. The number of carbonyl (C=O) groups is 1. The first-order chi connectivity index (χ1) is 9.41. The van der Waals surface area contributed by atoms with Crippen molar-refractivity contribution in [2.75, 3.05) is 5.32 Å². The quantitative estimate of drug-likeness (QED) is 0.836. The molecule has 2 aromatic rings. The topological polar surface area (TPSA) is 62.2 Å². The lowest BCUT2D eigenvalue weighted by Gasteiger charge is -2.12. The average molecular weight is 319 g/mol. The number of anilines is 2. The first-order valence-electron chi connectivity index (χ1n) is 5.21. The predicted molar refractivity (Wildman–Crippen MR) is 70.9 cm³/mol. The molecule has 0 spiro atoms. The third-order valence-corrected chi connectivity index (χ3v) is 3.09. The van der Waals surface area contributed by atoms with E-state index in [2.05, 4.69) is 10.3 Å². The largest absolute Gasteiger partial charge is 0.476 e. The van der Waals surface area contributed by atoms with Gasteiger partial charge in [-0.25, -0.2) is 18.6 Å². The van der Waals surface area contributed by atoms with Gasteiger partial charge in [0.05, 0.1) is 5.69 Å². The molecule has 0 saturated carbocycles. The second kappa shape index (κ2) is 5.60. The van der Waals surface area contributed by atoms with E-state index in [0.717, 1.165) is 6.07 Å². The van der Waals surface area contributed by atoms with Crippen LogP contribution in [-0.4, -0.2) is 16.1 Å². The zero-order chi connectivity index (χ0) is 14.9. The molecule has 2 N–H and O–H groups in total. The predicted octanol–water partition coefficient (Wildman–Crippen LogP) is 4.11. The van der Waals surface area contributed by atoms with Crippen LogP contribution in [0.5, 0.6) is 0 Å². The highest BCUT2D eigenvalue weighted by Crippen LogP contribution is 2.33. The van der Waals surface area contributed by atoms with Crippen molar-refractivity contribution >= 4 is 40.5 Å². The Labute approximate surface area is 122 Å². The Kier molecular flexibility index (Phi) is 4.06. The molecule has 104 valence electrons. The summed E-state index contributed by atoms with van der Waals surface area (Å²) in [4.78, 5) is 14.5. The third-order valence-electron chi connectivity index (χ3n) is 2.38. The van der Waals surface area contributed by atoms with Crippen LogP contribution in [0.4, 0.5) is 20.2 Å². The van der Waals surface area contributed by atoms with E-state index in [1.807, 2.05) is 0 Å². The van der Waals surface area contributed by atoms with Gasteiger partial charge in [0, 0.05) is 0 Å². The first-order valence-corrected chi connectivity index (χ1v) is 5.96. The second-order valence-electron chi connectivity index (χ2n) is 3.66. The third kappa shape index (κ3) is 2.66. The molecule has 0 fully saturated rings. The number of carboxylic acids is 1. The molecule has 0 aliphatic carbocycles. The maximum Gasteiger partial charge on any atom is 0.356 e. The molecule has 1 heterocycles. The molecule has 0 unspecified atom stereocenters. The minimum atomic E-state index is -1.53. The van der Waals surface area contributed by atoms with Gasteiger partial charge in [0.2, 0.25) is 0 Å². The van der Waals surface area contributed by atoms with Crippen molar-refractivity contribution in [3.05, 3.63) is 51.8 Å². The van der Waals surface area contributed by atoms with Crippen LogP contribution in [-0.2, 0) is 0 Å². The van der Waals surface area contributed by atoms with Crippen molar-refractivity contribution in [2.24, 2.45) is 0 Å². The summed E-state index contributed by atoms with van der Waals surface area (Å²) < 4.78 is 27.5. The fourth-order valence-electron chi connectivity index (χ4n) is 1.47. The summed E-state index contributed by atoms with van der Waals surface area (Å²) in [6.07, 6.45) is 0. The number of aromatic nitrogens is 1. The monoisotopic (exact) mass is 318 g/mol. The van der Waals surface area contributed by atoms with Crippen molar-refractivity contribution < 1.29 is 18.7 Å². The van der Waals surface area contributed by atoms with E-state index in [-0.39, 0.29) is 5.69 Å². The van der Waals surface area contributed by atoms with Gasteiger partial charge in [-0.2, -0.15) is 0 Å². The van der Waals surface area contributed by atoms with Crippen molar-refractivity contribution in [3.63, 3.8) is 0 Å². The molecule has 0 bridgehead atoms. The fraction of sp³-hybridized carbons (Fsp3) is 0. The van der Waals surface area contributed by atoms with Crippen molar-refractivity contribution in [3.8, 4) is 0 Å². The fourth-order valence-corrected chi connectivity index (χ4v) is 1.78. The Hall–Kier alpha value is -1.92. The first kappa shape index (κ1) is 14.5. The molecule has 0 radical (unpaired) electrons. The zero-order valence-electron chi connectivity index (χ0n) is 9.62. The number of hydrogen-bond donors (Lipinski definition) is 2. The normalized spacial score (nSPS) is 10.4. The van der Waals surface area contributed by atoms with E-state index in [9.17, 15) is 13.6 Å². The highest BCUT2D eigenvalue weighted by molar-refractivity contribution is 6.41. The molecule has 0 aliphatic heterocycles. The van der Waals surface area contributed by atoms with Gasteiger partial charge in [0.15, 0.2) is 16.7 Å². The molecule has 0 saturated heterocycles. The molecule has 2 rings (SSSR count). The van der Waals surface area contributed by atoms with Gasteiger partial charge in [0.25, 0.3) is 0 Å². The molecule has 8 heteroatoms. The van der Waals surface area contributed by atoms with Gasteiger partial charge in [-0.05, 0) is 12.1 Å². The number of rotatable bonds is 3. The van der Waals surface area contributed by atoms with Crippen LogP contribution in [0.3, 0.4) is 0 Å². The lowest BCUT2D eigenvalue weighted by molar-refractivity contribution is 0.0691. The number of para-hydroxylation sites is 1. The smallest absolute Gasteiger partial charge is 0.356 e. The minimum Gasteiger partial charge on any atom is -0.476 e. The maximum absolute atomic E-state index is 14.0. The minimum absolute atomic E-state index is 0.117. The van der Waals surface area contributed by atoms with Crippen LogP contribution >= 0.6 is 23.2 Å². The summed E-state index contributed by atoms with van der Waals surface area (Å²) in [5.41, 5.74) is -1.37. The van der Waals surface area contributed by atoms with E-state index >= 15 is 0 Å². The summed E-state index contributed by atoms with van der Waals surface area (Å²) >= 11 is 11.1. The van der Waals surface area contributed by atoms with Crippen molar-refractivity contribution in [2.45, 2.75) is 0 Å². The maximum atomic E-state index is 14.0. The van der Waals surface area contributed by atoms with Crippen molar-refractivity contribution in [1.29, 1.82) is 0 Å². The van der Waals surface area contributed by atoms with Gasteiger partial charge in [-0.1, -0.05) is 35.3 Å². The van der Waals surface area contributed by atoms with Gasteiger partial charge in [-0.3, -0.25) is 0 Å². The van der Waals surface area contributed by atoms with Crippen LogP contribution in [0, 0.1) is 11.6 Å². The van der Waals surface area contributed by atoms with E-state index < -0.39 is 39.2 Å². The number of nitrogens with zero attached hydrogens (tertiary/aromatic N) is 1. The van der Waals surface area contributed by atoms with Crippen LogP contribution in [0.25, 0.3) is 0 Å². The van der Waals surface area contributed by atoms with E-state index in [1.165, 1.54) is 18.2 Å². The van der Waals surface area contributed by atoms with Gasteiger partial charge in [0.1, 0.15) is 16.5 Å². The molecule has 1 aromatic carbocycles. The Morgan fingerprint density at radius 2 is 1.90 bits per heavy atom. The molecule has 0 aliphatic rings. The van der Waals surface area contributed by atoms with Gasteiger partial charge < -0.3 is 10.4 Å². The standard InChI is InChI=1S/C12H6Cl2F2N2O2/c13-7-8(16)9(10(12(19)20)18-11(7)14)17-6-4-2-1-3-5(6)15/h1-4,17H,(H,19,20). The average Bonchev–Trinajstić information content (AvgIpc) is 2.41. The van der Waals surface area contributed by atoms with Gasteiger partial charge >= 0.3 is 5.97 Å². The van der Waals surface area contributed by atoms with Crippen LogP contribution in [0.1, 0.15) is 10.5 Å².